The van der Waals surface area contributed by atoms with Crippen molar-refractivity contribution in [3.63, 3.8) is 0 Å². The summed E-state index contributed by atoms with van der Waals surface area (Å²) in [6, 6.07) is 0.665. The standard InChI is InChI=1S/C7H18N2/c1-7(9-3)5-4-6-8-2/h7-9H,4-6H2,1-3H3. The van der Waals surface area contributed by atoms with Gasteiger partial charge in [-0.3, -0.25) is 0 Å². The molecule has 2 heteroatoms. The molecule has 0 fully saturated rings. The van der Waals surface area contributed by atoms with E-state index in [9.17, 15) is 0 Å². The van der Waals surface area contributed by atoms with Crippen molar-refractivity contribution in [3.05, 3.63) is 0 Å². The average molecular weight is 130 g/mol. The summed E-state index contributed by atoms with van der Waals surface area (Å²) in [5.74, 6) is 0. The third-order valence-electron chi connectivity index (χ3n) is 1.56. The maximum Gasteiger partial charge on any atom is 0.00361 e. The highest BCUT2D eigenvalue weighted by Crippen LogP contribution is 1.92. The zero-order valence-electron chi connectivity index (χ0n) is 6.70. The molecule has 0 radical (unpaired) electrons. The Hall–Kier alpha value is -0.0800. The van der Waals surface area contributed by atoms with Gasteiger partial charge in [0, 0.05) is 6.04 Å². The van der Waals surface area contributed by atoms with Gasteiger partial charge in [-0.05, 0) is 40.4 Å². The summed E-state index contributed by atoms with van der Waals surface area (Å²) in [6.07, 6.45) is 2.52. The Morgan fingerprint density at radius 3 is 2.44 bits per heavy atom. The molecule has 0 saturated heterocycles. The Balaban J connectivity index is 2.88. The van der Waals surface area contributed by atoms with Gasteiger partial charge < -0.3 is 10.6 Å². The first kappa shape index (κ1) is 8.92. The van der Waals surface area contributed by atoms with Crippen LogP contribution in [0, 0.1) is 0 Å². The number of nitrogens with one attached hydrogen (secondary N) is 2. The van der Waals surface area contributed by atoms with Crippen LogP contribution in [0.15, 0.2) is 0 Å². The maximum absolute atomic E-state index is 3.20. The van der Waals surface area contributed by atoms with Crippen molar-refractivity contribution < 1.29 is 0 Å². The summed E-state index contributed by atoms with van der Waals surface area (Å²) in [5, 5.41) is 6.32. The van der Waals surface area contributed by atoms with E-state index in [1.54, 1.807) is 0 Å². The lowest BCUT2D eigenvalue weighted by Crippen LogP contribution is -2.22. The van der Waals surface area contributed by atoms with E-state index in [2.05, 4.69) is 17.6 Å². The smallest absolute Gasteiger partial charge is 0.00361 e. The van der Waals surface area contributed by atoms with E-state index in [0.29, 0.717) is 6.04 Å². The Kier molecular flexibility index (Phi) is 5.99. The van der Waals surface area contributed by atoms with Gasteiger partial charge in [-0.25, -0.2) is 0 Å². The minimum absolute atomic E-state index is 0.665. The summed E-state index contributed by atoms with van der Waals surface area (Å²) >= 11 is 0. The molecule has 2 N–H and O–H groups in total. The van der Waals surface area contributed by atoms with Crippen LogP contribution in [0.2, 0.25) is 0 Å². The van der Waals surface area contributed by atoms with Crippen LogP contribution in [0.5, 0.6) is 0 Å². The van der Waals surface area contributed by atoms with Crippen LogP contribution in [-0.2, 0) is 0 Å². The molecule has 0 aliphatic heterocycles. The van der Waals surface area contributed by atoms with Crippen molar-refractivity contribution in [1.29, 1.82) is 0 Å². The SMILES string of the molecule is CNCCCC(C)NC. The highest BCUT2D eigenvalue weighted by atomic mass is 14.9. The fourth-order valence-electron chi connectivity index (χ4n) is 0.729. The quantitative estimate of drug-likeness (QED) is 0.532. The van der Waals surface area contributed by atoms with Gasteiger partial charge in [0.2, 0.25) is 0 Å². The summed E-state index contributed by atoms with van der Waals surface area (Å²) in [4.78, 5) is 0. The van der Waals surface area contributed by atoms with E-state index < -0.39 is 0 Å². The molecule has 0 heterocycles. The molecule has 0 aromatic carbocycles. The predicted octanol–water partition coefficient (Wildman–Crippen LogP) is 0.594. The van der Waals surface area contributed by atoms with Gasteiger partial charge in [0.15, 0.2) is 0 Å². The molecule has 0 aliphatic rings. The van der Waals surface area contributed by atoms with Crippen LogP contribution in [0.1, 0.15) is 19.8 Å². The molecule has 0 aromatic heterocycles. The lowest BCUT2D eigenvalue weighted by Gasteiger charge is -2.08. The fourth-order valence-corrected chi connectivity index (χ4v) is 0.729. The molecule has 0 aromatic rings. The summed E-state index contributed by atoms with van der Waals surface area (Å²) in [6.45, 7) is 3.34. The van der Waals surface area contributed by atoms with Gasteiger partial charge in [-0.15, -0.1) is 0 Å². The predicted molar refractivity (Wildman–Crippen MR) is 41.7 cm³/mol. The van der Waals surface area contributed by atoms with E-state index in [1.165, 1.54) is 12.8 Å². The normalized spacial score (nSPS) is 13.7. The lowest BCUT2D eigenvalue weighted by molar-refractivity contribution is 0.532. The molecule has 0 amide bonds. The molecule has 0 spiro atoms. The first-order chi connectivity index (χ1) is 4.31. The van der Waals surface area contributed by atoms with Gasteiger partial charge in [0.25, 0.3) is 0 Å². The molecule has 0 rings (SSSR count). The second kappa shape index (κ2) is 6.05. The summed E-state index contributed by atoms with van der Waals surface area (Å²) < 4.78 is 0. The second-order valence-corrected chi connectivity index (χ2v) is 2.44. The van der Waals surface area contributed by atoms with Gasteiger partial charge in [0.05, 0.1) is 0 Å². The van der Waals surface area contributed by atoms with Crippen molar-refractivity contribution in [2.75, 3.05) is 20.6 Å². The summed E-state index contributed by atoms with van der Waals surface area (Å²) in [5.41, 5.74) is 0. The first-order valence-corrected chi connectivity index (χ1v) is 3.63. The van der Waals surface area contributed by atoms with Gasteiger partial charge >= 0.3 is 0 Å². The Morgan fingerprint density at radius 2 is 2.00 bits per heavy atom. The van der Waals surface area contributed by atoms with Crippen LogP contribution in [0.25, 0.3) is 0 Å². The second-order valence-electron chi connectivity index (χ2n) is 2.44. The molecule has 2 nitrogen and oxygen atoms in total. The van der Waals surface area contributed by atoms with E-state index in [0.717, 1.165) is 6.54 Å². The molecule has 1 unspecified atom stereocenters. The minimum atomic E-state index is 0.665. The number of hydrogen-bond acceptors (Lipinski definition) is 2. The van der Waals surface area contributed by atoms with E-state index in [-0.39, 0.29) is 0 Å². The zero-order chi connectivity index (χ0) is 7.11. The summed E-state index contributed by atoms with van der Waals surface area (Å²) in [7, 11) is 3.99. The van der Waals surface area contributed by atoms with E-state index in [4.69, 9.17) is 0 Å². The lowest BCUT2D eigenvalue weighted by atomic mass is 10.2. The highest BCUT2D eigenvalue weighted by molar-refractivity contribution is 4.56. The molecule has 0 saturated carbocycles. The van der Waals surface area contributed by atoms with Crippen LogP contribution >= 0.6 is 0 Å². The average Bonchev–Trinajstić information content (AvgIpc) is 1.89. The molecule has 56 valence electrons. The molecular weight excluding hydrogens is 112 g/mol. The monoisotopic (exact) mass is 130 g/mol. The van der Waals surface area contributed by atoms with Gasteiger partial charge in [-0.1, -0.05) is 0 Å². The molecule has 1 atom stereocenters. The Morgan fingerprint density at radius 1 is 1.33 bits per heavy atom. The molecule has 0 bridgehead atoms. The maximum atomic E-state index is 3.20. The fraction of sp³-hybridized carbons (Fsp3) is 1.00. The molecule has 0 aliphatic carbocycles. The van der Waals surface area contributed by atoms with Crippen LogP contribution in [0.3, 0.4) is 0 Å². The molecule has 9 heavy (non-hydrogen) atoms. The zero-order valence-corrected chi connectivity index (χ0v) is 6.70. The van der Waals surface area contributed by atoms with Crippen LogP contribution in [-0.4, -0.2) is 26.7 Å². The van der Waals surface area contributed by atoms with E-state index in [1.807, 2.05) is 14.1 Å². The van der Waals surface area contributed by atoms with Crippen molar-refractivity contribution in [1.82, 2.24) is 10.6 Å². The van der Waals surface area contributed by atoms with Crippen molar-refractivity contribution >= 4 is 0 Å². The minimum Gasteiger partial charge on any atom is -0.320 e. The number of rotatable bonds is 5. The third kappa shape index (κ3) is 5.80. The highest BCUT2D eigenvalue weighted by Gasteiger charge is 1.94. The Bertz CT molecular complexity index is 54.9. The van der Waals surface area contributed by atoms with Gasteiger partial charge in [0.1, 0.15) is 0 Å². The number of hydrogen-bond donors (Lipinski definition) is 2. The topological polar surface area (TPSA) is 24.1 Å². The van der Waals surface area contributed by atoms with Crippen molar-refractivity contribution in [2.24, 2.45) is 0 Å². The van der Waals surface area contributed by atoms with Crippen LogP contribution in [0.4, 0.5) is 0 Å². The Labute approximate surface area is 58.0 Å². The largest absolute Gasteiger partial charge is 0.320 e. The third-order valence-corrected chi connectivity index (χ3v) is 1.56. The van der Waals surface area contributed by atoms with Gasteiger partial charge in [-0.2, -0.15) is 0 Å². The van der Waals surface area contributed by atoms with E-state index >= 15 is 0 Å². The molecular formula is C7H18N2. The first-order valence-electron chi connectivity index (χ1n) is 3.63. The van der Waals surface area contributed by atoms with Crippen molar-refractivity contribution in [2.45, 2.75) is 25.8 Å². The van der Waals surface area contributed by atoms with Crippen LogP contribution < -0.4 is 10.6 Å². The van der Waals surface area contributed by atoms with Crippen molar-refractivity contribution in [3.8, 4) is 0 Å².